The van der Waals surface area contributed by atoms with Gasteiger partial charge in [-0.2, -0.15) is 0 Å². The highest BCUT2D eigenvalue weighted by Gasteiger charge is 2.33. The number of nitrogens with one attached hydrogen (secondary N) is 1. The number of nitrogens with zero attached hydrogens (tertiary/aromatic N) is 2. The van der Waals surface area contributed by atoms with E-state index in [1.807, 2.05) is 19.1 Å². The monoisotopic (exact) mass is 537 g/mol. The summed E-state index contributed by atoms with van der Waals surface area (Å²) >= 11 is 7.68. The molecule has 1 atom stereocenters. The molecule has 0 fully saturated rings. The number of fused-ring (bicyclic) bond motifs is 1. The van der Waals surface area contributed by atoms with Crippen LogP contribution >= 0.6 is 22.9 Å². The van der Waals surface area contributed by atoms with E-state index in [1.54, 1.807) is 76.3 Å². The topological polar surface area (TPSA) is 101 Å². The van der Waals surface area contributed by atoms with E-state index in [4.69, 9.17) is 16.3 Å². The van der Waals surface area contributed by atoms with Crippen LogP contribution < -0.4 is 5.32 Å². The number of hydrogen-bond donors (Lipinski definition) is 2. The summed E-state index contributed by atoms with van der Waals surface area (Å²) in [4.78, 5) is 34.9. The average molecular weight is 538 g/mol. The highest BCUT2D eigenvalue weighted by molar-refractivity contribution is 7.18. The molecule has 0 saturated carbocycles. The SMILES string of the molecule is Cc1nc2ccc(NC(=O)c3nc(C)c([C@H](OC(C)(C)C)C(=O)O)c(-c4ccc(Cl)cc4)c3C)cc2s1. The Morgan fingerprint density at radius 2 is 1.73 bits per heavy atom. The fourth-order valence-electron chi connectivity index (χ4n) is 4.24. The van der Waals surface area contributed by atoms with Crippen LogP contribution in [0.1, 0.15) is 59.2 Å². The highest BCUT2D eigenvalue weighted by Crippen LogP contribution is 2.38. The van der Waals surface area contributed by atoms with Crippen LogP contribution in [0.2, 0.25) is 5.02 Å². The van der Waals surface area contributed by atoms with Gasteiger partial charge >= 0.3 is 5.97 Å². The van der Waals surface area contributed by atoms with E-state index in [2.05, 4.69) is 15.3 Å². The first-order valence-corrected chi connectivity index (χ1v) is 12.9. The second-order valence-electron chi connectivity index (χ2n) is 9.78. The Balaban J connectivity index is 1.85. The first-order valence-electron chi connectivity index (χ1n) is 11.7. The van der Waals surface area contributed by atoms with E-state index in [1.165, 1.54) is 0 Å². The van der Waals surface area contributed by atoms with Crippen LogP contribution in [0.5, 0.6) is 0 Å². The number of rotatable bonds is 6. The number of anilines is 1. The third-order valence-corrected chi connectivity index (χ3v) is 6.91. The number of carboxylic acids is 1. The summed E-state index contributed by atoms with van der Waals surface area (Å²) in [5.74, 6) is -1.54. The number of aliphatic carboxylic acids is 1. The van der Waals surface area contributed by atoms with Gasteiger partial charge in [0.1, 0.15) is 5.69 Å². The molecule has 4 rings (SSSR count). The van der Waals surface area contributed by atoms with E-state index in [0.717, 1.165) is 15.2 Å². The molecule has 2 aromatic carbocycles. The molecule has 192 valence electrons. The first kappa shape index (κ1) is 26.7. The summed E-state index contributed by atoms with van der Waals surface area (Å²) in [6.45, 7) is 10.8. The maximum Gasteiger partial charge on any atom is 0.337 e. The van der Waals surface area contributed by atoms with E-state index in [0.29, 0.717) is 38.7 Å². The molecular formula is C28H28ClN3O4S. The molecule has 0 saturated heterocycles. The van der Waals surface area contributed by atoms with Crippen molar-refractivity contribution in [2.45, 2.75) is 53.2 Å². The Hall–Kier alpha value is -3.33. The molecule has 0 bridgehead atoms. The molecule has 7 nitrogen and oxygen atoms in total. The van der Waals surface area contributed by atoms with Crippen LogP contribution in [-0.4, -0.2) is 32.6 Å². The van der Waals surface area contributed by atoms with Crippen molar-refractivity contribution in [3.63, 3.8) is 0 Å². The molecule has 1 amide bonds. The third-order valence-electron chi connectivity index (χ3n) is 5.73. The molecule has 0 spiro atoms. The molecule has 0 unspecified atom stereocenters. The van der Waals surface area contributed by atoms with Gasteiger partial charge in [-0.25, -0.2) is 14.8 Å². The first-order chi connectivity index (χ1) is 17.3. The molecule has 0 aliphatic rings. The zero-order valence-electron chi connectivity index (χ0n) is 21.5. The number of aromatic nitrogens is 2. The van der Waals surface area contributed by atoms with Crippen molar-refractivity contribution in [2.24, 2.45) is 0 Å². The minimum Gasteiger partial charge on any atom is -0.479 e. The van der Waals surface area contributed by atoms with Crippen molar-refractivity contribution in [1.29, 1.82) is 0 Å². The number of ether oxygens (including phenoxy) is 1. The fourth-order valence-corrected chi connectivity index (χ4v) is 5.23. The summed E-state index contributed by atoms with van der Waals surface area (Å²) in [5, 5.41) is 14.5. The summed E-state index contributed by atoms with van der Waals surface area (Å²) in [6.07, 6.45) is -1.29. The molecule has 2 heterocycles. The molecule has 0 aliphatic heterocycles. The number of thiazole rings is 1. The van der Waals surface area contributed by atoms with Crippen LogP contribution in [-0.2, 0) is 9.53 Å². The largest absolute Gasteiger partial charge is 0.479 e. The quantitative estimate of drug-likeness (QED) is 0.271. The van der Waals surface area contributed by atoms with Crippen LogP contribution in [0.4, 0.5) is 5.69 Å². The van der Waals surface area contributed by atoms with Crippen molar-refractivity contribution < 1.29 is 19.4 Å². The molecule has 0 radical (unpaired) electrons. The van der Waals surface area contributed by atoms with Crippen molar-refractivity contribution in [2.75, 3.05) is 5.32 Å². The lowest BCUT2D eigenvalue weighted by Crippen LogP contribution is -2.29. The fraction of sp³-hybridized carbons (Fsp3) is 0.286. The Bertz CT molecular complexity index is 1510. The molecule has 9 heteroatoms. The van der Waals surface area contributed by atoms with Crippen LogP contribution in [0, 0.1) is 20.8 Å². The predicted octanol–water partition coefficient (Wildman–Crippen LogP) is 7.13. The van der Waals surface area contributed by atoms with Gasteiger partial charge in [-0.3, -0.25) is 4.79 Å². The van der Waals surface area contributed by atoms with Gasteiger partial charge in [0.25, 0.3) is 5.91 Å². The van der Waals surface area contributed by atoms with Gasteiger partial charge in [0.15, 0.2) is 6.10 Å². The Morgan fingerprint density at radius 3 is 2.35 bits per heavy atom. The lowest BCUT2D eigenvalue weighted by molar-refractivity contribution is -0.160. The van der Waals surface area contributed by atoms with Gasteiger partial charge in [-0.05, 0) is 88.6 Å². The normalized spacial score (nSPS) is 12.5. The lowest BCUT2D eigenvalue weighted by Gasteiger charge is -2.28. The van der Waals surface area contributed by atoms with Gasteiger partial charge in [-0.1, -0.05) is 23.7 Å². The molecule has 37 heavy (non-hydrogen) atoms. The standard InChI is InChI=1S/C28H28ClN3O4S/c1-14-22(17-7-9-18(29)10-8-17)23(25(27(34)35)36-28(4,5)6)15(2)30-24(14)26(33)32-19-11-12-20-21(13-19)37-16(3)31-20/h7-13,25H,1-6H3,(H,32,33)(H,34,35)/t25-/m0/s1. The van der Waals surface area contributed by atoms with E-state index in [-0.39, 0.29) is 5.69 Å². The molecule has 0 aliphatic carbocycles. The minimum atomic E-state index is -1.29. The maximum atomic E-state index is 13.5. The highest BCUT2D eigenvalue weighted by atomic mass is 35.5. The number of halogens is 1. The zero-order chi connectivity index (χ0) is 27.1. The number of carbonyl (C=O) groups is 2. The lowest BCUT2D eigenvalue weighted by atomic mass is 9.89. The zero-order valence-corrected chi connectivity index (χ0v) is 23.0. The number of aryl methyl sites for hydroxylation is 2. The predicted molar refractivity (Wildman–Crippen MR) is 148 cm³/mol. The summed E-state index contributed by atoms with van der Waals surface area (Å²) in [5.41, 5.74) is 3.60. The molecule has 2 aromatic heterocycles. The third kappa shape index (κ3) is 5.82. The van der Waals surface area contributed by atoms with Gasteiger partial charge < -0.3 is 15.2 Å². The Morgan fingerprint density at radius 1 is 1.05 bits per heavy atom. The maximum absolute atomic E-state index is 13.5. The van der Waals surface area contributed by atoms with Crippen molar-refractivity contribution in [1.82, 2.24) is 9.97 Å². The average Bonchev–Trinajstić information content (AvgIpc) is 3.18. The van der Waals surface area contributed by atoms with Crippen molar-refractivity contribution >= 4 is 50.7 Å². The number of amides is 1. The second kappa shape index (κ2) is 10.2. The summed E-state index contributed by atoms with van der Waals surface area (Å²) in [7, 11) is 0. The van der Waals surface area contributed by atoms with Gasteiger partial charge in [-0.15, -0.1) is 11.3 Å². The number of carbonyl (C=O) groups excluding carboxylic acids is 1. The Labute approximate surface area is 224 Å². The molecule has 4 aromatic rings. The molecular weight excluding hydrogens is 510 g/mol. The number of pyridine rings is 1. The minimum absolute atomic E-state index is 0.201. The second-order valence-corrected chi connectivity index (χ2v) is 11.5. The van der Waals surface area contributed by atoms with Crippen LogP contribution in [0.3, 0.4) is 0 Å². The number of benzene rings is 2. The number of carboxylic acid groups (broad SMARTS) is 1. The smallest absolute Gasteiger partial charge is 0.337 e. The van der Waals surface area contributed by atoms with E-state index < -0.39 is 23.6 Å². The van der Waals surface area contributed by atoms with Crippen molar-refractivity contribution in [3.05, 3.63) is 75.0 Å². The number of hydrogen-bond acceptors (Lipinski definition) is 6. The van der Waals surface area contributed by atoms with Gasteiger partial charge in [0, 0.05) is 22.0 Å². The van der Waals surface area contributed by atoms with E-state index >= 15 is 0 Å². The van der Waals surface area contributed by atoms with Crippen LogP contribution in [0.15, 0.2) is 42.5 Å². The van der Waals surface area contributed by atoms with Crippen LogP contribution in [0.25, 0.3) is 21.3 Å². The summed E-state index contributed by atoms with van der Waals surface area (Å²) in [6, 6.07) is 12.6. The van der Waals surface area contributed by atoms with Crippen molar-refractivity contribution in [3.8, 4) is 11.1 Å². The molecule has 2 N–H and O–H groups in total. The summed E-state index contributed by atoms with van der Waals surface area (Å²) < 4.78 is 6.94. The van der Waals surface area contributed by atoms with Gasteiger partial charge in [0.2, 0.25) is 0 Å². The van der Waals surface area contributed by atoms with Gasteiger partial charge in [0.05, 0.1) is 20.8 Å². The van der Waals surface area contributed by atoms with E-state index in [9.17, 15) is 14.7 Å². The Kier molecular flexibility index (Phi) is 7.37.